The van der Waals surface area contributed by atoms with Gasteiger partial charge in [0.05, 0.1) is 6.54 Å². The van der Waals surface area contributed by atoms with Crippen LogP contribution in [0, 0.1) is 5.41 Å². The standard InChI is InChI=1S/C16H28N6/c1-3-14-20-19-13-22(14)11-9-18-15(17-4-2)21-10-8-16(12-21)6-5-7-16/h13H,3-12H2,1-2H3,(H,17,18). The third kappa shape index (κ3) is 3.10. The first-order chi connectivity index (χ1) is 10.8. The molecule has 1 saturated heterocycles. The highest BCUT2D eigenvalue weighted by molar-refractivity contribution is 5.80. The number of hydrogen-bond acceptors (Lipinski definition) is 3. The highest BCUT2D eigenvalue weighted by Gasteiger charge is 2.43. The number of guanidine groups is 1. The van der Waals surface area contributed by atoms with Crippen molar-refractivity contribution in [1.82, 2.24) is 25.0 Å². The largest absolute Gasteiger partial charge is 0.357 e. The smallest absolute Gasteiger partial charge is 0.193 e. The van der Waals surface area contributed by atoms with Gasteiger partial charge in [-0.2, -0.15) is 0 Å². The highest BCUT2D eigenvalue weighted by Crippen LogP contribution is 2.47. The van der Waals surface area contributed by atoms with Crippen molar-refractivity contribution in [2.75, 3.05) is 26.2 Å². The average Bonchev–Trinajstić information content (AvgIpc) is 3.12. The predicted molar refractivity (Wildman–Crippen MR) is 87.9 cm³/mol. The summed E-state index contributed by atoms with van der Waals surface area (Å²) < 4.78 is 2.10. The number of hydrogen-bond donors (Lipinski definition) is 1. The Morgan fingerprint density at radius 2 is 2.23 bits per heavy atom. The molecule has 1 aromatic rings. The molecule has 0 bridgehead atoms. The topological polar surface area (TPSA) is 58.3 Å². The zero-order valence-corrected chi connectivity index (χ0v) is 13.9. The fourth-order valence-electron chi connectivity index (χ4n) is 3.63. The van der Waals surface area contributed by atoms with E-state index >= 15 is 0 Å². The molecule has 2 aliphatic rings. The normalized spacial score (nSPS) is 20.5. The van der Waals surface area contributed by atoms with Crippen molar-refractivity contribution < 1.29 is 0 Å². The summed E-state index contributed by atoms with van der Waals surface area (Å²) in [6, 6.07) is 0. The van der Waals surface area contributed by atoms with Gasteiger partial charge in [0.2, 0.25) is 0 Å². The summed E-state index contributed by atoms with van der Waals surface area (Å²) in [4.78, 5) is 7.28. The number of aryl methyl sites for hydroxylation is 1. The van der Waals surface area contributed by atoms with Crippen molar-refractivity contribution in [3.05, 3.63) is 12.2 Å². The maximum atomic E-state index is 4.82. The Bertz CT molecular complexity index is 516. The molecule has 1 aliphatic heterocycles. The van der Waals surface area contributed by atoms with Crippen LogP contribution in [0.5, 0.6) is 0 Å². The fraction of sp³-hybridized carbons (Fsp3) is 0.812. The molecule has 22 heavy (non-hydrogen) atoms. The van der Waals surface area contributed by atoms with Gasteiger partial charge in [0.25, 0.3) is 0 Å². The molecule has 1 aromatic heterocycles. The number of aromatic nitrogens is 3. The van der Waals surface area contributed by atoms with Gasteiger partial charge in [-0.1, -0.05) is 13.3 Å². The summed E-state index contributed by atoms with van der Waals surface area (Å²) in [6.45, 7) is 9.14. The van der Waals surface area contributed by atoms with Gasteiger partial charge in [-0.05, 0) is 31.6 Å². The molecule has 1 aliphatic carbocycles. The zero-order chi connectivity index (χ0) is 15.4. The molecule has 1 N–H and O–H groups in total. The Morgan fingerprint density at radius 1 is 1.36 bits per heavy atom. The summed E-state index contributed by atoms with van der Waals surface area (Å²) in [5, 5.41) is 11.6. The molecule has 2 fully saturated rings. The fourth-order valence-corrected chi connectivity index (χ4v) is 3.63. The van der Waals surface area contributed by atoms with E-state index < -0.39 is 0 Å². The van der Waals surface area contributed by atoms with Crippen LogP contribution in [-0.2, 0) is 13.0 Å². The van der Waals surface area contributed by atoms with Gasteiger partial charge in [-0.15, -0.1) is 10.2 Å². The van der Waals surface area contributed by atoms with Crippen LogP contribution >= 0.6 is 0 Å². The van der Waals surface area contributed by atoms with Crippen LogP contribution in [0.4, 0.5) is 0 Å². The molecule has 0 radical (unpaired) electrons. The molecule has 0 amide bonds. The SMILES string of the molecule is CCNC(=NCCn1cnnc1CC)N1CCC2(CCC2)C1. The Hall–Kier alpha value is -1.59. The lowest BCUT2D eigenvalue weighted by Gasteiger charge is -2.38. The van der Waals surface area contributed by atoms with Gasteiger partial charge >= 0.3 is 0 Å². The molecule has 1 saturated carbocycles. The third-order valence-electron chi connectivity index (χ3n) is 5.10. The van der Waals surface area contributed by atoms with E-state index in [1.807, 2.05) is 0 Å². The van der Waals surface area contributed by atoms with Crippen molar-refractivity contribution in [2.45, 2.75) is 52.5 Å². The van der Waals surface area contributed by atoms with Gasteiger partial charge in [0.15, 0.2) is 5.96 Å². The number of nitrogens with one attached hydrogen (secondary N) is 1. The lowest BCUT2D eigenvalue weighted by Crippen LogP contribution is -2.42. The number of likely N-dealkylation sites (tertiary alicyclic amines) is 1. The van der Waals surface area contributed by atoms with Gasteiger partial charge in [0, 0.05) is 32.6 Å². The van der Waals surface area contributed by atoms with E-state index in [9.17, 15) is 0 Å². The summed E-state index contributed by atoms with van der Waals surface area (Å²) in [7, 11) is 0. The maximum Gasteiger partial charge on any atom is 0.193 e. The van der Waals surface area contributed by atoms with Crippen molar-refractivity contribution in [3.8, 4) is 0 Å². The Kier molecular flexibility index (Phi) is 4.64. The summed E-state index contributed by atoms with van der Waals surface area (Å²) in [5.74, 6) is 2.12. The van der Waals surface area contributed by atoms with Gasteiger partial charge in [0.1, 0.15) is 12.2 Å². The zero-order valence-electron chi connectivity index (χ0n) is 13.9. The first-order valence-electron chi connectivity index (χ1n) is 8.66. The lowest BCUT2D eigenvalue weighted by molar-refractivity contribution is 0.151. The number of rotatable bonds is 5. The van der Waals surface area contributed by atoms with Crippen LogP contribution in [0.15, 0.2) is 11.3 Å². The second-order valence-corrected chi connectivity index (χ2v) is 6.55. The molecule has 0 atom stereocenters. The van der Waals surface area contributed by atoms with Crippen LogP contribution < -0.4 is 5.32 Å². The molecular weight excluding hydrogens is 276 g/mol. The Balaban J connectivity index is 1.58. The van der Waals surface area contributed by atoms with Crippen molar-refractivity contribution in [2.24, 2.45) is 10.4 Å². The van der Waals surface area contributed by atoms with Crippen molar-refractivity contribution >= 4 is 5.96 Å². The molecule has 6 nitrogen and oxygen atoms in total. The van der Waals surface area contributed by atoms with E-state index in [4.69, 9.17) is 4.99 Å². The Morgan fingerprint density at radius 3 is 2.86 bits per heavy atom. The second kappa shape index (κ2) is 6.67. The quantitative estimate of drug-likeness (QED) is 0.664. The molecule has 122 valence electrons. The predicted octanol–water partition coefficient (Wildman–Crippen LogP) is 1.68. The van der Waals surface area contributed by atoms with E-state index in [0.717, 1.165) is 44.4 Å². The van der Waals surface area contributed by atoms with Crippen LogP contribution in [0.1, 0.15) is 45.4 Å². The van der Waals surface area contributed by atoms with Crippen LogP contribution in [-0.4, -0.2) is 51.8 Å². The number of nitrogens with zero attached hydrogens (tertiary/aromatic N) is 5. The van der Waals surface area contributed by atoms with Crippen LogP contribution in [0.2, 0.25) is 0 Å². The van der Waals surface area contributed by atoms with E-state index in [1.165, 1.54) is 32.2 Å². The minimum Gasteiger partial charge on any atom is -0.357 e. The average molecular weight is 304 g/mol. The van der Waals surface area contributed by atoms with E-state index in [0.29, 0.717) is 5.41 Å². The maximum absolute atomic E-state index is 4.82. The van der Waals surface area contributed by atoms with E-state index in [-0.39, 0.29) is 0 Å². The van der Waals surface area contributed by atoms with Crippen LogP contribution in [0.3, 0.4) is 0 Å². The first-order valence-corrected chi connectivity index (χ1v) is 8.66. The molecule has 0 unspecified atom stereocenters. The molecular formula is C16H28N6. The summed E-state index contributed by atoms with van der Waals surface area (Å²) in [5.41, 5.74) is 0.611. The molecule has 6 heteroatoms. The molecule has 0 aromatic carbocycles. The minimum absolute atomic E-state index is 0.611. The first kappa shape index (κ1) is 15.3. The second-order valence-electron chi connectivity index (χ2n) is 6.55. The summed E-state index contributed by atoms with van der Waals surface area (Å²) >= 11 is 0. The van der Waals surface area contributed by atoms with Crippen molar-refractivity contribution in [1.29, 1.82) is 0 Å². The lowest BCUT2D eigenvalue weighted by atomic mass is 9.68. The third-order valence-corrected chi connectivity index (χ3v) is 5.10. The minimum atomic E-state index is 0.611. The molecule has 1 spiro atoms. The highest BCUT2D eigenvalue weighted by atomic mass is 15.3. The Labute approximate surface area is 133 Å². The van der Waals surface area contributed by atoms with Crippen LogP contribution in [0.25, 0.3) is 0 Å². The molecule has 3 rings (SSSR count). The van der Waals surface area contributed by atoms with Gasteiger partial charge in [-0.3, -0.25) is 4.99 Å². The monoisotopic (exact) mass is 304 g/mol. The van der Waals surface area contributed by atoms with Gasteiger partial charge in [-0.25, -0.2) is 0 Å². The van der Waals surface area contributed by atoms with E-state index in [1.54, 1.807) is 6.33 Å². The van der Waals surface area contributed by atoms with Crippen molar-refractivity contribution in [3.63, 3.8) is 0 Å². The number of aliphatic imine (C=N–C) groups is 1. The van der Waals surface area contributed by atoms with Gasteiger partial charge < -0.3 is 14.8 Å². The van der Waals surface area contributed by atoms with E-state index in [2.05, 4.69) is 38.8 Å². The molecule has 2 heterocycles. The summed E-state index contributed by atoms with van der Waals surface area (Å²) in [6.07, 6.45) is 8.28.